The van der Waals surface area contributed by atoms with E-state index in [9.17, 15) is 14.7 Å². The summed E-state index contributed by atoms with van der Waals surface area (Å²) in [7, 11) is 0. The van der Waals surface area contributed by atoms with Crippen molar-refractivity contribution in [3.63, 3.8) is 0 Å². The Kier molecular flexibility index (Phi) is 2.84. The molecule has 98 valence electrons. The first-order chi connectivity index (χ1) is 9.68. The largest absolute Gasteiger partial charge is 0.478 e. The van der Waals surface area contributed by atoms with Gasteiger partial charge in [-0.05, 0) is 18.2 Å². The molecule has 0 aliphatic rings. The Morgan fingerprint density at radius 1 is 0.900 bits per heavy atom. The Labute approximate surface area is 114 Å². The van der Waals surface area contributed by atoms with E-state index < -0.39 is 5.97 Å². The van der Waals surface area contributed by atoms with Gasteiger partial charge in [0.15, 0.2) is 0 Å². The highest BCUT2D eigenvalue weighted by Crippen LogP contribution is 2.22. The molecule has 0 atom stereocenters. The summed E-state index contributed by atoms with van der Waals surface area (Å²) in [6.07, 6.45) is 1.38. The van der Waals surface area contributed by atoms with Crippen molar-refractivity contribution in [2.75, 3.05) is 0 Å². The molecule has 3 aromatic rings. The molecule has 0 saturated carbocycles. The molecule has 0 spiro atoms. The molecule has 0 aliphatic carbocycles. The van der Waals surface area contributed by atoms with Crippen molar-refractivity contribution < 1.29 is 14.7 Å². The summed E-state index contributed by atoms with van der Waals surface area (Å²) in [5.74, 6) is -1.28. The number of nitrogens with zero attached hydrogens (tertiary/aromatic N) is 1. The van der Waals surface area contributed by atoms with Crippen molar-refractivity contribution in [1.82, 2.24) is 4.57 Å². The van der Waals surface area contributed by atoms with Crippen LogP contribution in [0.4, 0.5) is 0 Å². The molecule has 0 radical (unpaired) electrons. The maximum atomic E-state index is 12.5. The second-order valence-electron chi connectivity index (χ2n) is 4.41. The molecule has 0 saturated heterocycles. The van der Waals surface area contributed by atoms with Crippen LogP contribution in [0.1, 0.15) is 20.7 Å². The van der Waals surface area contributed by atoms with E-state index in [1.54, 1.807) is 48.5 Å². The average Bonchev–Trinajstić information content (AvgIpc) is 2.87. The normalized spacial score (nSPS) is 10.6. The van der Waals surface area contributed by atoms with Crippen molar-refractivity contribution in [3.05, 3.63) is 71.9 Å². The van der Waals surface area contributed by atoms with E-state index in [2.05, 4.69) is 0 Å². The second kappa shape index (κ2) is 4.66. The van der Waals surface area contributed by atoms with Gasteiger partial charge in [0.2, 0.25) is 0 Å². The molecule has 1 aromatic heterocycles. The van der Waals surface area contributed by atoms with E-state index in [1.807, 2.05) is 6.07 Å². The number of hydrogen-bond donors (Lipinski definition) is 1. The quantitative estimate of drug-likeness (QED) is 0.774. The predicted octanol–water partition coefficient (Wildman–Crippen LogP) is 3.03. The van der Waals surface area contributed by atoms with Gasteiger partial charge in [-0.1, -0.05) is 36.4 Å². The van der Waals surface area contributed by atoms with E-state index in [1.165, 1.54) is 10.8 Å². The molecule has 4 heteroatoms. The van der Waals surface area contributed by atoms with Crippen LogP contribution in [0.25, 0.3) is 10.9 Å². The smallest absolute Gasteiger partial charge is 0.337 e. The second-order valence-corrected chi connectivity index (χ2v) is 4.41. The molecule has 2 aromatic carbocycles. The number of fused-ring (bicyclic) bond motifs is 1. The highest BCUT2D eigenvalue weighted by atomic mass is 16.4. The van der Waals surface area contributed by atoms with E-state index in [4.69, 9.17) is 0 Å². The lowest BCUT2D eigenvalue weighted by molar-refractivity contribution is 0.0699. The summed E-state index contributed by atoms with van der Waals surface area (Å²) in [5.41, 5.74) is 1.24. The Morgan fingerprint density at radius 2 is 1.55 bits per heavy atom. The zero-order chi connectivity index (χ0) is 14.1. The van der Waals surface area contributed by atoms with Gasteiger partial charge in [0.25, 0.3) is 5.91 Å². The Balaban J connectivity index is 2.22. The third-order valence-electron chi connectivity index (χ3n) is 3.18. The Hall–Kier alpha value is -2.88. The number of carbonyl (C=O) groups is 2. The minimum Gasteiger partial charge on any atom is -0.478 e. The molecule has 0 bridgehead atoms. The van der Waals surface area contributed by atoms with Gasteiger partial charge in [0.05, 0.1) is 11.1 Å². The minimum absolute atomic E-state index is 0.130. The fraction of sp³-hybridized carbons (Fsp3) is 0. The van der Waals surface area contributed by atoms with Crippen LogP contribution in [0.3, 0.4) is 0 Å². The zero-order valence-electron chi connectivity index (χ0n) is 10.5. The SMILES string of the molecule is O=C(O)c1cn(C(=O)c2ccccc2)c2ccccc12. The predicted molar refractivity (Wildman–Crippen MR) is 75.1 cm³/mol. The van der Waals surface area contributed by atoms with Crippen LogP contribution >= 0.6 is 0 Å². The Morgan fingerprint density at radius 3 is 2.25 bits per heavy atom. The molecule has 0 fully saturated rings. The standard InChI is InChI=1S/C16H11NO3/c18-15(11-6-2-1-3-7-11)17-10-13(16(19)20)12-8-4-5-9-14(12)17/h1-10H,(H,19,20). The third-order valence-corrected chi connectivity index (χ3v) is 3.18. The number of carboxylic acid groups (broad SMARTS) is 1. The van der Waals surface area contributed by atoms with Crippen molar-refractivity contribution in [3.8, 4) is 0 Å². The first-order valence-electron chi connectivity index (χ1n) is 6.11. The first kappa shape index (κ1) is 12.2. The van der Waals surface area contributed by atoms with Gasteiger partial charge in [0.1, 0.15) is 0 Å². The van der Waals surface area contributed by atoms with Crippen LogP contribution in [0, 0.1) is 0 Å². The van der Waals surface area contributed by atoms with E-state index in [-0.39, 0.29) is 11.5 Å². The van der Waals surface area contributed by atoms with Crippen molar-refractivity contribution in [1.29, 1.82) is 0 Å². The van der Waals surface area contributed by atoms with Crippen LogP contribution in [-0.4, -0.2) is 21.6 Å². The molecule has 3 rings (SSSR count). The van der Waals surface area contributed by atoms with Gasteiger partial charge >= 0.3 is 5.97 Å². The van der Waals surface area contributed by atoms with Crippen molar-refractivity contribution >= 4 is 22.8 Å². The monoisotopic (exact) mass is 265 g/mol. The molecule has 0 unspecified atom stereocenters. The number of hydrogen-bond acceptors (Lipinski definition) is 2. The maximum Gasteiger partial charge on any atom is 0.337 e. The van der Waals surface area contributed by atoms with Gasteiger partial charge in [-0.2, -0.15) is 0 Å². The zero-order valence-corrected chi connectivity index (χ0v) is 10.5. The van der Waals surface area contributed by atoms with Gasteiger partial charge in [0, 0.05) is 17.1 Å². The molecule has 1 N–H and O–H groups in total. The third kappa shape index (κ3) is 1.87. The number of carboxylic acids is 1. The summed E-state index contributed by atoms with van der Waals surface area (Å²) < 4.78 is 1.38. The van der Waals surface area contributed by atoms with E-state index in [0.29, 0.717) is 16.5 Å². The number of aromatic nitrogens is 1. The summed E-state index contributed by atoms with van der Waals surface area (Å²) in [6, 6.07) is 15.8. The molecule has 1 heterocycles. The van der Waals surface area contributed by atoms with Gasteiger partial charge < -0.3 is 5.11 Å². The number of rotatable bonds is 2. The van der Waals surface area contributed by atoms with Gasteiger partial charge in [-0.3, -0.25) is 9.36 Å². The van der Waals surface area contributed by atoms with Crippen LogP contribution in [0.2, 0.25) is 0 Å². The minimum atomic E-state index is -1.04. The lowest BCUT2D eigenvalue weighted by atomic mass is 10.2. The van der Waals surface area contributed by atoms with E-state index in [0.717, 1.165) is 0 Å². The topological polar surface area (TPSA) is 59.3 Å². The molecule has 4 nitrogen and oxygen atoms in total. The average molecular weight is 265 g/mol. The van der Waals surface area contributed by atoms with Crippen LogP contribution in [0.15, 0.2) is 60.8 Å². The lowest BCUT2D eigenvalue weighted by Gasteiger charge is -2.03. The molecular formula is C16H11NO3. The number of para-hydroxylation sites is 1. The fourth-order valence-electron chi connectivity index (χ4n) is 2.24. The van der Waals surface area contributed by atoms with E-state index >= 15 is 0 Å². The van der Waals surface area contributed by atoms with Crippen molar-refractivity contribution in [2.24, 2.45) is 0 Å². The summed E-state index contributed by atoms with van der Waals surface area (Å²) in [5, 5.41) is 9.78. The van der Waals surface area contributed by atoms with Gasteiger partial charge in [-0.25, -0.2) is 4.79 Å². The maximum absolute atomic E-state index is 12.5. The number of aromatic carboxylic acids is 1. The molecule has 20 heavy (non-hydrogen) atoms. The summed E-state index contributed by atoms with van der Waals surface area (Å²) in [6.45, 7) is 0. The number of carbonyl (C=O) groups excluding carboxylic acids is 1. The highest BCUT2D eigenvalue weighted by Gasteiger charge is 2.18. The lowest BCUT2D eigenvalue weighted by Crippen LogP contribution is -2.10. The molecule has 0 amide bonds. The fourth-order valence-corrected chi connectivity index (χ4v) is 2.24. The summed E-state index contributed by atoms with van der Waals surface area (Å²) >= 11 is 0. The van der Waals surface area contributed by atoms with Gasteiger partial charge in [-0.15, -0.1) is 0 Å². The van der Waals surface area contributed by atoms with Crippen LogP contribution in [-0.2, 0) is 0 Å². The highest BCUT2D eigenvalue weighted by molar-refractivity contribution is 6.09. The summed E-state index contributed by atoms with van der Waals surface area (Å²) in [4.78, 5) is 23.7. The Bertz CT molecular complexity index is 803. The first-order valence-corrected chi connectivity index (χ1v) is 6.11. The molecular weight excluding hydrogens is 254 g/mol. The van der Waals surface area contributed by atoms with Crippen LogP contribution < -0.4 is 0 Å². The van der Waals surface area contributed by atoms with Crippen molar-refractivity contribution in [2.45, 2.75) is 0 Å². The number of benzene rings is 2. The molecule has 0 aliphatic heterocycles. The van der Waals surface area contributed by atoms with Crippen LogP contribution in [0.5, 0.6) is 0 Å².